The van der Waals surface area contributed by atoms with Crippen LogP contribution < -0.4 is 15.4 Å². The summed E-state index contributed by atoms with van der Waals surface area (Å²) in [6.07, 6.45) is 5.16. The number of rotatable bonds is 7. The van der Waals surface area contributed by atoms with E-state index in [2.05, 4.69) is 39.4 Å². The summed E-state index contributed by atoms with van der Waals surface area (Å²) in [6, 6.07) is 5.32. The molecule has 0 aliphatic carbocycles. The zero-order valence-corrected chi connectivity index (χ0v) is 16.9. The summed E-state index contributed by atoms with van der Waals surface area (Å²) in [7, 11) is 0. The molecule has 142 valence electrons. The number of amides is 2. The Hall–Kier alpha value is -2.52. The number of hydrogen-bond acceptors (Lipinski definition) is 6. The second-order valence-corrected chi connectivity index (χ2v) is 8.58. The first-order valence-corrected chi connectivity index (χ1v) is 10.1. The van der Waals surface area contributed by atoms with E-state index in [0.29, 0.717) is 29.1 Å². The van der Waals surface area contributed by atoms with E-state index in [4.69, 9.17) is 4.74 Å². The maximum atomic E-state index is 12.3. The maximum Gasteiger partial charge on any atom is 0.325 e. The molecule has 1 aromatic carbocycles. The van der Waals surface area contributed by atoms with Gasteiger partial charge in [-0.1, -0.05) is 31.3 Å². The first-order chi connectivity index (χ1) is 13.0. The lowest BCUT2D eigenvalue weighted by molar-refractivity contribution is 0.260. The van der Waals surface area contributed by atoms with E-state index in [0.717, 1.165) is 14.9 Å². The van der Waals surface area contributed by atoms with Crippen molar-refractivity contribution in [2.75, 3.05) is 17.2 Å². The Labute approximate surface area is 166 Å². The second-order valence-electron chi connectivity index (χ2n) is 6.26. The molecule has 0 saturated carbocycles. The number of nitrogens with one attached hydrogen (secondary N) is 3. The van der Waals surface area contributed by atoms with Crippen LogP contribution in [0, 0.1) is 12.8 Å². The van der Waals surface area contributed by atoms with Gasteiger partial charge in [0.1, 0.15) is 5.75 Å². The molecule has 3 rings (SSSR count). The number of anilines is 2. The van der Waals surface area contributed by atoms with Crippen LogP contribution in [-0.4, -0.2) is 27.6 Å². The van der Waals surface area contributed by atoms with Gasteiger partial charge in [-0.05, 0) is 42.3 Å². The van der Waals surface area contributed by atoms with Crippen LogP contribution in [0.15, 0.2) is 46.2 Å². The molecule has 0 atom stereocenters. The van der Waals surface area contributed by atoms with E-state index in [1.807, 2.05) is 25.1 Å². The fourth-order valence-corrected chi connectivity index (χ4v) is 3.85. The summed E-state index contributed by atoms with van der Waals surface area (Å²) in [4.78, 5) is 23.7. The van der Waals surface area contributed by atoms with Gasteiger partial charge in [0.2, 0.25) is 0 Å². The molecule has 0 spiro atoms. The number of H-pyrrole nitrogens is 1. The van der Waals surface area contributed by atoms with Crippen molar-refractivity contribution < 1.29 is 9.53 Å². The number of carbonyl (C=O) groups excluding carboxylic acids is 1. The van der Waals surface area contributed by atoms with Crippen LogP contribution in [0.1, 0.15) is 19.4 Å². The SMILES string of the molecule is Cc1ccc(NC(=O)Nc2ncc(Sc3ncc[nH]3)s2)c(OCC(C)C)c1. The number of carbonyl (C=O) groups is 1. The quantitative estimate of drug-likeness (QED) is 0.516. The predicted molar refractivity (Wildman–Crippen MR) is 109 cm³/mol. The third-order valence-electron chi connectivity index (χ3n) is 3.33. The molecule has 0 aliphatic rings. The summed E-state index contributed by atoms with van der Waals surface area (Å²) < 4.78 is 6.75. The highest BCUT2D eigenvalue weighted by molar-refractivity contribution is 8.01. The van der Waals surface area contributed by atoms with Crippen LogP contribution in [-0.2, 0) is 0 Å². The van der Waals surface area contributed by atoms with Crippen molar-refractivity contribution >= 4 is 39.9 Å². The molecule has 2 heterocycles. The zero-order chi connectivity index (χ0) is 19.2. The fourth-order valence-electron chi connectivity index (χ4n) is 2.13. The van der Waals surface area contributed by atoms with Gasteiger partial charge in [-0.15, -0.1) is 0 Å². The van der Waals surface area contributed by atoms with Crippen LogP contribution in [0.3, 0.4) is 0 Å². The second kappa shape index (κ2) is 8.92. The lowest BCUT2D eigenvalue weighted by Crippen LogP contribution is -2.20. The standard InChI is InChI=1S/C18H21N5O2S2/c1-11(2)10-25-14-8-12(3)4-5-13(14)22-16(24)23-18-21-9-15(27-18)26-17-19-6-7-20-17/h4-9,11H,10H2,1-3H3,(H,19,20)(H2,21,22,23,24). The van der Waals surface area contributed by atoms with Crippen LogP contribution in [0.5, 0.6) is 5.75 Å². The van der Waals surface area contributed by atoms with Crippen molar-refractivity contribution in [1.29, 1.82) is 0 Å². The third-order valence-corrected chi connectivity index (χ3v) is 5.26. The van der Waals surface area contributed by atoms with E-state index >= 15 is 0 Å². The van der Waals surface area contributed by atoms with Crippen LogP contribution in [0.25, 0.3) is 0 Å². The van der Waals surface area contributed by atoms with E-state index in [-0.39, 0.29) is 6.03 Å². The number of thiazole rings is 1. The molecule has 0 saturated heterocycles. The molecule has 0 bridgehead atoms. The number of aromatic amines is 1. The van der Waals surface area contributed by atoms with Gasteiger partial charge >= 0.3 is 6.03 Å². The largest absolute Gasteiger partial charge is 0.491 e. The highest BCUT2D eigenvalue weighted by Crippen LogP contribution is 2.32. The van der Waals surface area contributed by atoms with Crippen LogP contribution in [0.4, 0.5) is 15.6 Å². The van der Waals surface area contributed by atoms with Gasteiger partial charge in [0.25, 0.3) is 0 Å². The number of imidazole rings is 1. The summed E-state index contributed by atoms with van der Waals surface area (Å²) in [5.41, 5.74) is 1.69. The average Bonchev–Trinajstić information content (AvgIpc) is 3.27. The minimum atomic E-state index is -0.364. The number of urea groups is 1. The molecule has 0 unspecified atom stereocenters. The molecule has 27 heavy (non-hydrogen) atoms. The van der Waals surface area contributed by atoms with Crippen molar-refractivity contribution in [2.24, 2.45) is 5.92 Å². The molecule has 0 fully saturated rings. The lowest BCUT2D eigenvalue weighted by atomic mass is 10.2. The van der Waals surface area contributed by atoms with E-state index in [1.165, 1.54) is 23.1 Å². The van der Waals surface area contributed by atoms with Crippen molar-refractivity contribution in [2.45, 2.75) is 30.1 Å². The first kappa shape index (κ1) is 19.2. The number of hydrogen-bond donors (Lipinski definition) is 3. The maximum absolute atomic E-state index is 12.3. The summed E-state index contributed by atoms with van der Waals surface area (Å²) >= 11 is 2.84. The monoisotopic (exact) mass is 403 g/mol. The molecule has 2 aromatic heterocycles. The molecule has 3 N–H and O–H groups in total. The smallest absolute Gasteiger partial charge is 0.325 e. The third kappa shape index (κ3) is 5.73. The molecule has 9 heteroatoms. The normalized spacial score (nSPS) is 10.8. The predicted octanol–water partition coefficient (Wildman–Crippen LogP) is 5.00. The van der Waals surface area contributed by atoms with Crippen LogP contribution in [0.2, 0.25) is 0 Å². The number of ether oxygens (including phenoxy) is 1. The fraction of sp³-hybridized carbons (Fsp3) is 0.278. The first-order valence-electron chi connectivity index (χ1n) is 8.44. The molecule has 0 radical (unpaired) electrons. The number of nitrogens with zero attached hydrogens (tertiary/aromatic N) is 2. The Balaban J connectivity index is 1.61. The lowest BCUT2D eigenvalue weighted by Gasteiger charge is -2.14. The minimum absolute atomic E-state index is 0.364. The Kier molecular flexibility index (Phi) is 6.36. The number of aryl methyl sites for hydroxylation is 1. The Bertz CT molecular complexity index is 893. The van der Waals surface area contributed by atoms with Crippen molar-refractivity contribution in [3.05, 3.63) is 42.4 Å². The van der Waals surface area contributed by atoms with Gasteiger partial charge in [0, 0.05) is 12.4 Å². The van der Waals surface area contributed by atoms with E-state index in [9.17, 15) is 4.79 Å². The molecule has 0 aliphatic heterocycles. The Morgan fingerprint density at radius 3 is 2.93 bits per heavy atom. The Morgan fingerprint density at radius 1 is 1.33 bits per heavy atom. The highest BCUT2D eigenvalue weighted by Gasteiger charge is 2.12. The molecule has 7 nitrogen and oxygen atoms in total. The van der Waals surface area contributed by atoms with Crippen LogP contribution >= 0.6 is 23.1 Å². The highest BCUT2D eigenvalue weighted by atomic mass is 32.2. The van der Waals surface area contributed by atoms with Crippen molar-refractivity contribution in [3.63, 3.8) is 0 Å². The molecule has 2 amide bonds. The summed E-state index contributed by atoms with van der Waals surface area (Å²) in [5.74, 6) is 1.06. The molecule has 3 aromatic rings. The van der Waals surface area contributed by atoms with E-state index in [1.54, 1.807) is 18.6 Å². The minimum Gasteiger partial charge on any atom is -0.491 e. The van der Waals surface area contributed by atoms with Gasteiger partial charge < -0.3 is 15.0 Å². The van der Waals surface area contributed by atoms with Crippen molar-refractivity contribution in [1.82, 2.24) is 15.0 Å². The number of benzene rings is 1. The van der Waals surface area contributed by atoms with Gasteiger partial charge in [-0.2, -0.15) is 0 Å². The van der Waals surface area contributed by atoms with Crippen molar-refractivity contribution in [3.8, 4) is 5.75 Å². The summed E-state index contributed by atoms with van der Waals surface area (Å²) in [5, 5.41) is 6.88. The zero-order valence-electron chi connectivity index (χ0n) is 15.3. The topological polar surface area (TPSA) is 91.9 Å². The van der Waals surface area contributed by atoms with Gasteiger partial charge in [0.15, 0.2) is 10.3 Å². The van der Waals surface area contributed by atoms with Gasteiger partial charge in [-0.3, -0.25) is 5.32 Å². The van der Waals surface area contributed by atoms with Gasteiger partial charge in [0.05, 0.1) is 22.7 Å². The summed E-state index contributed by atoms with van der Waals surface area (Å²) in [6.45, 7) is 6.73. The Morgan fingerprint density at radius 2 is 2.19 bits per heavy atom. The average molecular weight is 404 g/mol. The van der Waals surface area contributed by atoms with Gasteiger partial charge in [-0.25, -0.2) is 14.8 Å². The number of aromatic nitrogens is 3. The molecular weight excluding hydrogens is 382 g/mol. The molecular formula is C18H21N5O2S2. The van der Waals surface area contributed by atoms with E-state index < -0.39 is 0 Å².